The van der Waals surface area contributed by atoms with Gasteiger partial charge in [0.15, 0.2) is 6.23 Å². The van der Waals surface area contributed by atoms with E-state index in [0.717, 1.165) is 12.2 Å². The third-order valence-corrected chi connectivity index (χ3v) is 1.52. The second-order valence-corrected chi connectivity index (χ2v) is 4.31. The van der Waals surface area contributed by atoms with Crippen LogP contribution in [0.5, 0.6) is 0 Å². The van der Waals surface area contributed by atoms with Gasteiger partial charge in [-0.05, 0) is 32.9 Å². The van der Waals surface area contributed by atoms with Crippen molar-refractivity contribution in [2.24, 2.45) is 0 Å². The number of hydrogen-bond acceptors (Lipinski definition) is 4. The zero-order valence-corrected chi connectivity index (χ0v) is 10.4. The second kappa shape index (κ2) is 6.39. The molecule has 0 aromatic heterocycles. The lowest BCUT2D eigenvalue weighted by molar-refractivity contribution is -0.241. The van der Waals surface area contributed by atoms with Gasteiger partial charge in [-0.25, -0.2) is 4.79 Å². The first kappa shape index (κ1) is 15.6. The van der Waals surface area contributed by atoms with Gasteiger partial charge in [-0.15, -0.1) is 0 Å². The Morgan fingerprint density at radius 1 is 1.35 bits per heavy atom. The molecule has 0 rings (SSSR count). The normalized spacial score (nSPS) is 14.6. The first-order valence-electron chi connectivity index (χ1n) is 5.11. The minimum atomic E-state index is -1.31. The zero-order chi connectivity index (χ0) is 13.6. The van der Waals surface area contributed by atoms with Crippen LogP contribution >= 0.6 is 0 Å². The van der Waals surface area contributed by atoms with Crippen molar-refractivity contribution in [3.05, 3.63) is 25.3 Å². The summed E-state index contributed by atoms with van der Waals surface area (Å²) in [5.41, 5.74) is -0.680. The van der Waals surface area contributed by atoms with Crippen molar-refractivity contribution in [3.8, 4) is 0 Å². The van der Waals surface area contributed by atoms with E-state index < -0.39 is 24.1 Å². The predicted molar refractivity (Wildman–Crippen MR) is 63.6 cm³/mol. The smallest absolute Gasteiger partial charge is 0.346 e. The number of amides is 2. The molecule has 2 unspecified atom stereocenters. The summed E-state index contributed by atoms with van der Waals surface area (Å²) in [4.78, 5) is 16.9. The molecule has 0 aliphatic heterocycles. The maximum Gasteiger partial charge on any atom is 0.346 e. The Morgan fingerprint density at radius 2 is 1.88 bits per heavy atom. The van der Waals surface area contributed by atoms with Gasteiger partial charge in [-0.1, -0.05) is 13.2 Å². The summed E-state index contributed by atoms with van der Waals surface area (Å²) < 4.78 is 0. The number of hydroxylamine groups is 2. The van der Waals surface area contributed by atoms with Crippen LogP contribution in [-0.4, -0.2) is 39.4 Å². The summed E-state index contributed by atoms with van der Waals surface area (Å²) in [5, 5.41) is 21.6. The minimum Gasteiger partial charge on any atom is -0.370 e. The van der Waals surface area contributed by atoms with E-state index in [0.29, 0.717) is 5.06 Å². The molecule has 2 amide bonds. The number of carbonyl (C=O) groups excluding carboxylic acids is 1. The topological polar surface area (TPSA) is 82.0 Å². The maximum atomic E-state index is 11.7. The van der Waals surface area contributed by atoms with Gasteiger partial charge in [0.2, 0.25) is 0 Å². The van der Waals surface area contributed by atoms with E-state index in [2.05, 4.69) is 18.5 Å². The van der Waals surface area contributed by atoms with Gasteiger partial charge in [-0.2, -0.15) is 5.06 Å². The maximum absolute atomic E-state index is 11.7. The van der Waals surface area contributed by atoms with Gasteiger partial charge in [-0.3, -0.25) is 4.84 Å². The van der Waals surface area contributed by atoms with Crippen molar-refractivity contribution < 1.29 is 19.8 Å². The predicted octanol–water partition coefficient (Wildman–Crippen LogP) is 0.737. The van der Waals surface area contributed by atoms with Crippen LogP contribution in [0.2, 0.25) is 0 Å². The lowest BCUT2D eigenvalue weighted by atomic mass is 10.2. The molecule has 0 aromatic rings. The molecule has 0 aliphatic rings. The molecule has 6 nitrogen and oxygen atoms in total. The van der Waals surface area contributed by atoms with E-state index in [-0.39, 0.29) is 0 Å². The molecule has 2 atom stereocenters. The van der Waals surface area contributed by atoms with Crippen molar-refractivity contribution in [2.45, 2.75) is 38.8 Å². The molecule has 0 bridgehead atoms. The van der Waals surface area contributed by atoms with Crippen LogP contribution in [0.25, 0.3) is 0 Å². The SMILES string of the molecule is C=CC(O)NC(=O)N(OC(C)(C)C)C(O)C=C. The molecule has 98 valence electrons. The molecule has 0 spiro atoms. The van der Waals surface area contributed by atoms with Gasteiger partial charge in [0, 0.05) is 0 Å². The molecule has 6 heteroatoms. The lowest BCUT2D eigenvalue weighted by Crippen LogP contribution is -2.51. The van der Waals surface area contributed by atoms with Crippen LogP contribution in [0.4, 0.5) is 4.79 Å². The van der Waals surface area contributed by atoms with Gasteiger partial charge < -0.3 is 15.5 Å². The Labute approximate surface area is 101 Å². The van der Waals surface area contributed by atoms with Crippen molar-refractivity contribution in [1.29, 1.82) is 0 Å². The summed E-state index contributed by atoms with van der Waals surface area (Å²) in [5.74, 6) is 0. The Hall–Kier alpha value is -1.37. The van der Waals surface area contributed by atoms with Gasteiger partial charge in [0.25, 0.3) is 0 Å². The number of aliphatic hydroxyl groups is 2. The Balaban J connectivity index is 4.74. The Kier molecular flexibility index (Phi) is 5.87. The second-order valence-electron chi connectivity index (χ2n) is 4.31. The van der Waals surface area contributed by atoms with Crippen molar-refractivity contribution in [3.63, 3.8) is 0 Å². The fraction of sp³-hybridized carbons (Fsp3) is 0.545. The number of rotatable bonds is 5. The quantitative estimate of drug-likeness (QED) is 0.378. The summed E-state index contributed by atoms with van der Waals surface area (Å²) in [7, 11) is 0. The van der Waals surface area contributed by atoms with Crippen LogP contribution in [0.3, 0.4) is 0 Å². The van der Waals surface area contributed by atoms with E-state index in [1.54, 1.807) is 20.8 Å². The van der Waals surface area contributed by atoms with E-state index >= 15 is 0 Å². The van der Waals surface area contributed by atoms with E-state index in [9.17, 15) is 15.0 Å². The number of nitrogens with zero attached hydrogens (tertiary/aromatic N) is 1. The van der Waals surface area contributed by atoms with Gasteiger partial charge in [0.1, 0.15) is 6.23 Å². The molecule has 0 fully saturated rings. The van der Waals surface area contributed by atoms with Crippen LogP contribution in [0, 0.1) is 0 Å². The largest absolute Gasteiger partial charge is 0.370 e. The number of nitrogens with one attached hydrogen (secondary N) is 1. The van der Waals surface area contributed by atoms with E-state index in [1.807, 2.05) is 0 Å². The number of carbonyl (C=O) groups is 1. The molecular formula is C11H20N2O4. The zero-order valence-electron chi connectivity index (χ0n) is 10.4. The summed E-state index contributed by atoms with van der Waals surface area (Å²) in [6, 6.07) is -0.792. The van der Waals surface area contributed by atoms with E-state index in [4.69, 9.17) is 4.84 Å². The first-order valence-corrected chi connectivity index (χ1v) is 5.11. The highest BCUT2D eigenvalue weighted by atomic mass is 16.7. The molecular weight excluding hydrogens is 224 g/mol. The first-order chi connectivity index (χ1) is 7.71. The molecule has 17 heavy (non-hydrogen) atoms. The lowest BCUT2D eigenvalue weighted by Gasteiger charge is -2.32. The van der Waals surface area contributed by atoms with Crippen LogP contribution in [-0.2, 0) is 4.84 Å². The Bertz CT molecular complexity index is 286. The van der Waals surface area contributed by atoms with Crippen LogP contribution in [0.1, 0.15) is 20.8 Å². The molecule has 0 aromatic carbocycles. The highest BCUT2D eigenvalue weighted by Crippen LogP contribution is 2.13. The highest BCUT2D eigenvalue weighted by molar-refractivity contribution is 5.73. The molecule has 0 heterocycles. The molecule has 0 saturated carbocycles. The summed E-state index contributed by atoms with van der Waals surface area (Å²) in [6.07, 6.45) is -0.268. The summed E-state index contributed by atoms with van der Waals surface area (Å²) in [6.45, 7) is 11.8. The van der Waals surface area contributed by atoms with Crippen molar-refractivity contribution in [2.75, 3.05) is 0 Å². The fourth-order valence-corrected chi connectivity index (χ4v) is 0.855. The average molecular weight is 244 g/mol. The molecule has 0 aliphatic carbocycles. The monoisotopic (exact) mass is 244 g/mol. The van der Waals surface area contributed by atoms with E-state index in [1.165, 1.54) is 0 Å². The fourth-order valence-electron chi connectivity index (χ4n) is 0.855. The highest BCUT2D eigenvalue weighted by Gasteiger charge is 2.27. The molecule has 0 saturated heterocycles. The standard InChI is InChI=1S/C11H20N2O4/c1-6-8(14)12-10(16)13(9(15)7-2)17-11(3,4)5/h6-9,14-15H,1-2H2,3-5H3,(H,12,16). The Morgan fingerprint density at radius 3 is 2.24 bits per heavy atom. The van der Waals surface area contributed by atoms with Crippen LogP contribution in [0.15, 0.2) is 25.3 Å². The third kappa shape index (κ3) is 6.06. The van der Waals surface area contributed by atoms with Crippen molar-refractivity contribution >= 4 is 6.03 Å². The average Bonchev–Trinajstić information content (AvgIpc) is 2.23. The summed E-state index contributed by atoms with van der Waals surface area (Å²) >= 11 is 0. The van der Waals surface area contributed by atoms with Gasteiger partial charge >= 0.3 is 6.03 Å². The molecule has 0 radical (unpaired) electrons. The third-order valence-electron chi connectivity index (χ3n) is 1.52. The van der Waals surface area contributed by atoms with Gasteiger partial charge in [0.05, 0.1) is 5.60 Å². The number of hydrogen-bond donors (Lipinski definition) is 3. The molecule has 3 N–H and O–H groups in total. The minimum absolute atomic E-state index is 0.680. The van der Waals surface area contributed by atoms with Crippen molar-refractivity contribution in [1.82, 2.24) is 10.4 Å². The number of aliphatic hydroxyl groups excluding tert-OH is 2. The number of urea groups is 1. The van der Waals surface area contributed by atoms with Crippen LogP contribution < -0.4 is 5.32 Å².